The average molecular weight is 2050 g/mol. The van der Waals surface area contributed by atoms with Gasteiger partial charge in [-0.05, 0) is 275 Å². The minimum Gasteiger partial charge on any atom is -0.497 e. The molecule has 816 valence electrons. The van der Waals surface area contributed by atoms with E-state index < -0.39 is 82.9 Å². The summed E-state index contributed by atoms with van der Waals surface area (Å²) in [5.41, 5.74) is 9.65. The fourth-order valence-corrected chi connectivity index (χ4v) is 23.8. The molecule has 0 saturated heterocycles. The first-order chi connectivity index (χ1) is 69.9. The standard InChI is InChI=1S/C20H30F2.C19H28F2O.C19H28F2.C18H26F2O.C18H26F2.C17H21F2N.C17H24F2O/c1-3-5-7-16-9-12-18(13-10-16)19-14-11-17(8-6-4-2)15-20(19,21)22;1-3-5-6-15-7-12-18(19(20,21)14-15)16-8-10-17(11-9-16)22-13-4-2;1-3-5-7-16-10-13-18(19(20,21)14-16)17-11-8-15(6-4-2)9-12-17;1-3-5-6-14-7-12-17(18(19,20)13-14)15-8-10-16(11-9-15)21-4-2;1-3-5-6-15-9-12-17(18(19,20)13-15)16-10-7-14(4-2)8-11-16;1-2-3-4-13-7-10-16(17(18,19)11-13)15-8-5-14(12-20)6-9-15;1-3-4-5-13-6-11-16(17(18,19)12-13)14-7-9-15(20-2)10-8-14/h9-10,12-13,17,19H,3-8,11,14-15H2,1-2H3;8-11,15,18H,3-7,12-14H2,1-2H3;8-9,11-12,16,18H,3-7,10,13-14H2,1-2H3;8-11,14,17H,3-7,12-13H2,1-2H3;7-8,10-11,15,17H,3-6,9,12-13H2,1-2H3;5-6,8-9,13,16H,2-4,7,10-11H2,1H3;7-10,13,16H,3-6,11-12H2,1-2H3. The van der Waals surface area contributed by atoms with Crippen molar-refractivity contribution < 1.29 is 75.7 Å². The van der Waals surface area contributed by atoms with Crippen LogP contribution in [-0.4, -0.2) is 61.8 Å². The van der Waals surface area contributed by atoms with Crippen LogP contribution in [0, 0.1) is 52.8 Å². The van der Waals surface area contributed by atoms with Crippen molar-refractivity contribution in [2.24, 2.45) is 41.4 Å². The first-order valence-electron chi connectivity index (χ1n) is 57.5. The summed E-state index contributed by atoms with van der Waals surface area (Å²) in [6.07, 6.45) is 40.3. The maximum absolute atomic E-state index is 14.5. The molecule has 7 aromatic rings. The van der Waals surface area contributed by atoms with Crippen LogP contribution in [0.3, 0.4) is 0 Å². The van der Waals surface area contributed by atoms with Crippen molar-refractivity contribution in [2.45, 2.75) is 481 Å². The highest BCUT2D eigenvalue weighted by Gasteiger charge is 2.52. The number of hydrogen-bond acceptors (Lipinski definition) is 4. The molecule has 7 aliphatic rings. The molecule has 7 fully saturated rings. The molecule has 0 bridgehead atoms. The molecule has 7 aliphatic carbocycles. The number of unbranched alkanes of at least 4 members (excludes halogenated alkanes) is 8. The van der Waals surface area contributed by atoms with Crippen molar-refractivity contribution in [2.75, 3.05) is 20.3 Å². The second kappa shape index (κ2) is 63.1. The minimum absolute atomic E-state index is 0.0116. The molecule has 0 heterocycles. The van der Waals surface area contributed by atoms with Gasteiger partial charge < -0.3 is 14.2 Å². The van der Waals surface area contributed by atoms with E-state index in [1.165, 1.54) is 23.1 Å². The maximum Gasteiger partial charge on any atom is 0.255 e. The normalized spacial score (nSPS) is 24.9. The molecule has 146 heavy (non-hydrogen) atoms. The number of nitriles is 1. The first-order valence-corrected chi connectivity index (χ1v) is 57.5. The summed E-state index contributed by atoms with van der Waals surface area (Å²) in [6.45, 7) is 26.4. The summed E-state index contributed by atoms with van der Waals surface area (Å²) in [5, 5.41) is 8.76. The van der Waals surface area contributed by atoms with E-state index in [0.717, 1.165) is 263 Å². The van der Waals surface area contributed by atoms with E-state index in [1.807, 2.05) is 117 Å². The number of alkyl halides is 14. The zero-order valence-corrected chi connectivity index (χ0v) is 91.3. The molecule has 7 aromatic carbocycles. The number of hydrogen-bond donors (Lipinski definition) is 0. The summed E-state index contributed by atoms with van der Waals surface area (Å²) < 4.78 is 218. The Balaban J connectivity index is 0.000000208. The van der Waals surface area contributed by atoms with Gasteiger partial charge in [0.15, 0.2) is 0 Å². The van der Waals surface area contributed by atoms with Crippen molar-refractivity contribution in [3.63, 3.8) is 0 Å². The zero-order chi connectivity index (χ0) is 106. The van der Waals surface area contributed by atoms with Crippen LogP contribution in [-0.2, 0) is 19.3 Å². The van der Waals surface area contributed by atoms with Crippen molar-refractivity contribution >= 4 is 0 Å². The van der Waals surface area contributed by atoms with Gasteiger partial charge in [0.1, 0.15) is 17.2 Å². The molecule has 0 amide bonds. The summed E-state index contributed by atoms with van der Waals surface area (Å²) in [6, 6.07) is 53.9. The highest BCUT2D eigenvalue weighted by atomic mass is 19.3. The molecule has 0 radical (unpaired) electrons. The van der Waals surface area contributed by atoms with E-state index in [0.29, 0.717) is 75.0 Å². The Labute approximate surface area is 872 Å². The van der Waals surface area contributed by atoms with E-state index in [-0.39, 0.29) is 86.4 Å². The highest BCUT2D eigenvalue weighted by molar-refractivity contribution is 5.38. The van der Waals surface area contributed by atoms with E-state index in [1.54, 1.807) is 79.9 Å². The van der Waals surface area contributed by atoms with Gasteiger partial charge >= 0.3 is 0 Å². The lowest BCUT2D eigenvalue weighted by Crippen LogP contribution is -2.34. The number of benzene rings is 7. The Hall–Kier alpha value is -7.55. The Morgan fingerprint density at radius 3 is 0.651 bits per heavy atom. The van der Waals surface area contributed by atoms with Crippen LogP contribution in [0.5, 0.6) is 17.2 Å². The molecular formula is C128H183F14NO3. The van der Waals surface area contributed by atoms with Gasteiger partial charge in [-0.25, -0.2) is 61.5 Å². The number of methoxy groups -OCH3 is 1. The Kier molecular flexibility index (Phi) is 53.4. The Bertz CT molecular complexity index is 4440. The van der Waals surface area contributed by atoms with Crippen LogP contribution in [0.4, 0.5) is 61.5 Å². The summed E-state index contributed by atoms with van der Waals surface area (Å²) in [7, 11) is 1.59. The number of nitrogens with zero attached hydrogens (tertiary/aromatic N) is 1. The molecular weight excluding hydrogens is 1870 g/mol. The van der Waals surface area contributed by atoms with Crippen LogP contribution in [0.2, 0.25) is 0 Å². The van der Waals surface area contributed by atoms with Crippen molar-refractivity contribution in [1.82, 2.24) is 0 Å². The lowest BCUT2D eigenvalue weighted by atomic mass is 9.74. The third-order valence-electron chi connectivity index (χ3n) is 32.5. The van der Waals surface area contributed by atoms with Crippen LogP contribution < -0.4 is 14.2 Å². The quantitative estimate of drug-likeness (QED) is 0.0359. The zero-order valence-electron chi connectivity index (χ0n) is 91.3. The van der Waals surface area contributed by atoms with E-state index in [4.69, 9.17) is 19.5 Å². The molecule has 0 spiro atoms. The van der Waals surface area contributed by atoms with E-state index >= 15 is 0 Å². The lowest BCUT2D eigenvalue weighted by molar-refractivity contribution is -0.0743. The first kappa shape index (κ1) is 124. The van der Waals surface area contributed by atoms with Crippen molar-refractivity contribution in [1.29, 1.82) is 5.26 Å². The average Bonchev–Trinajstić information content (AvgIpc) is 0.865. The number of aryl methyl sites for hydroxylation is 3. The van der Waals surface area contributed by atoms with Crippen LogP contribution in [0.25, 0.3) is 0 Å². The molecule has 14 rings (SSSR count). The molecule has 0 aliphatic heterocycles. The van der Waals surface area contributed by atoms with Gasteiger partial charge in [0, 0.05) is 86.4 Å². The Morgan fingerprint density at radius 1 is 0.240 bits per heavy atom. The van der Waals surface area contributed by atoms with Gasteiger partial charge in [0.2, 0.25) is 0 Å². The fraction of sp³-hybridized carbons (Fsp3) is 0.664. The predicted molar refractivity (Wildman–Crippen MR) is 577 cm³/mol. The van der Waals surface area contributed by atoms with Gasteiger partial charge in [-0.15, -0.1) is 0 Å². The second-order valence-corrected chi connectivity index (χ2v) is 44.1. The van der Waals surface area contributed by atoms with Crippen molar-refractivity contribution in [3.8, 4) is 23.3 Å². The smallest absolute Gasteiger partial charge is 0.255 e. The van der Waals surface area contributed by atoms with Crippen LogP contribution in [0.15, 0.2) is 170 Å². The van der Waals surface area contributed by atoms with Crippen LogP contribution >= 0.6 is 0 Å². The van der Waals surface area contributed by atoms with Crippen molar-refractivity contribution in [3.05, 3.63) is 231 Å². The number of ether oxygens (including phenoxy) is 3. The maximum atomic E-state index is 14.5. The largest absolute Gasteiger partial charge is 0.497 e. The molecule has 4 nitrogen and oxygen atoms in total. The van der Waals surface area contributed by atoms with Gasteiger partial charge in [0.25, 0.3) is 41.5 Å². The van der Waals surface area contributed by atoms with Gasteiger partial charge in [-0.3, -0.25) is 0 Å². The number of rotatable bonds is 40. The topological polar surface area (TPSA) is 51.5 Å². The molecule has 7 saturated carbocycles. The van der Waals surface area contributed by atoms with Gasteiger partial charge in [-0.2, -0.15) is 5.26 Å². The molecule has 18 heteroatoms. The second-order valence-electron chi connectivity index (χ2n) is 44.1. The SMILES string of the molecule is CCCCC1CCC(c2ccc(C#N)cc2)C(F)(F)C1.CCCCC1CCC(c2ccc(CC)cc2)C(F)(F)C1.CCCCC1CCC(c2ccc(CCC)cc2)C(F)(F)C1.CCCCC1CCC(c2ccc(OC)cc2)C(F)(F)C1.CCCCC1CCC(c2ccc(OCC)cc2)C(F)(F)C1.CCCCC1CCC(c2ccc(OCCC)cc2)C(F)(F)C1.CCCCc1ccc(C2CCC(CCCC)CC2(F)F)cc1. The third kappa shape index (κ3) is 39.9. The monoisotopic (exact) mass is 2050 g/mol. The Morgan fingerprint density at radius 2 is 0.452 bits per heavy atom. The summed E-state index contributed by atoms with van der Waals surface area (Å²) >= 11 is 0. The van der Waals surface area contributed by atoms with E-state index in [9.17, 15) is 61.5 Å². The van der Waals surface area contributed by atoms with E-state index in [2.05, 4.69) is 69.2 Å². The van der Waals surface area contributed by atoms with Gasteiger partial charge in [-0.1, -0.05) is 345 Å². The molecule has 0 aromatic heterocycles. The summed E-state index contributed by atoms with van der Waals surface area (Å²) in [5.74, 6) is -18.7. The van der Waals surface area contributed by atoms with Gasteiger partial charge in [0.05, 0.1) is 32.0 Å². The predicted octanol–water partition coefficient (Wildman–Crippen LogP) is 41.7. The third-order valence-corrected chi connectivity index (χ3v) is 32.5. The van der Waals surface area contributed by atoms with Crippen LogP contribution in [0.1, 0.15) is 481 Å². The summed E-state index contributed by atoms with van der Waals surface area (Å²) in [4.78, 5) is 0. The number of halogens is 14. The molecule has 14 atom stereocenters. The molecule has 14 unspecified atom stereocenters. The molecule has 0 N–H and O–H groups in total. The highest BCUT2D eigenvalue weighted by Crippen LogP contribution is 2.56. The minimum atomic E-state index is -2.62. The lowest BCUT2D eigenvalue weighted by Gasteiger charge is -2.36. The fourth-order valence-electron chi connectivity index (χ4n) is 23.8.